The van der Waals surface area contributed by atoms with Crippen LogP contribution in [0.2, 0.25) is 0 Å². The molecule has 3 aromatic rings. The van der Waals surface area contributed by atoms with E-state index in [0.717, 1.165) is 15.9 Å². The highest BCUT2D eigenvalue weighted by molar-refractivity contribution is 9.10. The van der Waals surface area contributed by atoms with Crippen LogP contribution in [0.25, 0.3) is 5.78 Å². The van der Waals surface area contributed by atoms with Crippen molar-refractivity contribution in [3.05, 3.63) is 58.1 Å². The Morgan fingerprint density at radius 2 is 2.24 bits per heavy atom. The van der Waals surface area contributed by atoms with Gasteiger partial charge in [-0.3, -0.25) is 4.79 Å². The highest BCUT2D eigenvalue weighted by Gasteiger charge is 2.28. The third kappa shape index (κ3) is 3.14. The number of carbonyl (C=O) groups is 1. The van der Waals surface area contributed by atoms with E-state index in [2.05, 4.69) is 31.0 Å². The number of amides is 1. The number of hydrogen-bond donors (Lipinski definition) is 0. The van der Waals surface area contributed by atoms with Crippen molar-refractivity contribution in [3.63, 3.8) is 0 Å². The maximum atomic E-state index is 12.8. The Kier molecular flexibility index (Phi) is 4.22. The Labute approximate surface area is 152 Å². The number of fused-ring (bicyclic) bond motifs is 1. The second-order valence-electron chi connectivity index (χ2n) is 5.92. The molecule has 1 atom stereocenters. The highest BCUT2D eigenvalue weighted by atomic mass is 79.9. The summed E-state index contributed by atoms with van der Waals surface area (Å²) in [5, 5.41) is 4.23. The van der Waals surface area contributed by atoms with E-state index >= 15 is 0 Å². The van der Waals surface area contributed by atoms with Crippen molar-refractivity contribution in [2.24, 2.45) is 0 Å². The summed E-state index contributed by atoms with van der Waals surface area (Å²) in [6.07, 6.45) is 1.20. The topological polar surface area (TPSA) is 72.6 Å². The van der Waals surface area contributed by atoms with Crippen LogP contribution in [0.3, 0.4) is 0 Å². The van der Waals surface area contributed by atoms with Gasteiger partial charge >= 0.3 is 0 Å². The molecule has 128 valence electrons. The van der Waals surface area contributed by atoms with Gasteiger partial charge < -0.3 is 9.64 Å². The predicted octanol–water partition coefficient (Wildman–Crippen LogP) is 2.41. The standard InChI is InChI=1S/C17H16BrN5O2/c1-11-7-14(23-17(21-11)19-10-20-23)15-9-22(5-6-25-15)16(24)12-3-2-4-13(18)8-12/h2-4,7-8,10,15H,5-6,9H2,1H3. The van der Waals surface area contributed by atoms with E-state index in [9.17, 15) is 4.79 Å². The van der Waals surface area contributed by atoms with Crippen LogP contribution in [-0.2, 0) is 4.74 Å². The van der Waals surface area contributed by atoms with Crippen molar-refractivity contribution in [3.8, 4) is 0 Å². The normalized spacial score (nSPS) is 17.8. The van der Waals surface area contributed by atoms with Crippen LogP contribution in [0, 0.1) is 6.92 Å². The molecule has 0 bridgehead atoms. The quantitative estimate of drug-likeness (QED) is 0.659. The Bertz CT molecular complexity index is 942. The molecule has 2 aromatic heterocycles. The van der Waals surface area contributed by atoms with Crippen molar-refractivity contribution < 1.29 is 9.53 Å². The maximum Gasteiger partial charge on any atom is 0.254 e. The number of nitrogens with zero attached hydrogens (tertiary/aromatic N) is 5. The van der Waals surface area contributed by atoms with Gasteiger partial charge in [-0.05, 0) is 31.2 Å². The predicted molar refractivity (Wildman–Crippen MR) is 94.3 cm³/mol. The Morgan fingerprint density at radius 3 is 3.08 bits per heavy atom. The minimum Gasteiger partial charge on any atom is -0.368 e. The number of ether oxygens (including phenoxy) is 1. The molecule has 1 amide bonds. The smallest absolute Gasteiger partial charge is 0.254 e. The van der Waals surface area contributed by atoms with Gasteiger partial charge in [0.05, 0.1) is 18.8 Å². The molecule has 0 saturated carbocycles. The van der Waals surface area contributed by atoms with Crippen LogP contribution in [-0.4, -0.2) is 50.1 Å². The zero-order chi connectivity index (χ0) is 17.4. The molecule has 3 heterocycles. The summed E-state index contributed by atoms with van der Waals surface area (Å²) < 4.78 is 8.47. The largest absolute Gasteiger partial charge is 0.368 e. The Balaban J connectivity index is 1.62. The lowest BCUT2D eigenvalue weighted by Crippen LogP contribution is -2.42. The van der Waals surface area contributed by atoms with Gasteiger partial charge in [0, 0.05) is 22.3 Å². The molecule has 1 aliphatic rings. The van der Waals surface area contributed by atoms with Crippen LogP contribution < -0.4 is 0 Å². The van der Waals surface area contributed by atoms with Crippen molar-refractivity contribution in [1.29, 1.82) is 0 Å². The van der Waals surface area contributed by atoms with E-state index in [1.165, 1.54) is 6.33 Å². The maximum absolute atomic E-state index is 12.8. The summed E-state index contributed by atoms with van der Waals surface area (Å²) in [6.45, 7) is 3.41. The number of carbonyl (C=O) groups excluding carboxylic acids is 1. The van der Waals surface area contributed by atoms with Gasteiger partial charge in [0.15, 0.2) is 0 Å². The first-order valence-corrected chi connectivity index (χ1v) is 8.75. The zero-order valence-corrected chi connectivity index (χ0v) is 15.2. The fraction of sp³-hybridized carbons (Fsp3) is 0.294. The van der Waals surface area contributed by atoms with Crippen molar-refractivity contribution in [2.45, 2.75) is 13.0 Å². The average molecular weight is 402 g/mol. The second kappa shape index (κ2) is 6.53. The number of rotatable bonds is 2. The van der Waals surface area contributed by atoms with Gasteiger partial charge in [-0.1, -0.05) is 22.0 Å². The molecule has 1 fully saturated rings. The molecule has 1 saturated heterocycles. The van der Waals surface area contributed by atoms with Crippen LogP contribution in [0.4, 0.5) is 0 Å². The molecule has 0 aliphatic carbocycles. The first-order chi connectivity index (χ1) is 12.1. The average Bonchev–Trinajstić information content (AvgIpc) is 3.08. The summed E-state index contributed by atoms with van der Waals surface area (Å²) in [4.78, 5) is 23.1. The van der Waals surface area contributed by atoms with E-state index in [1.807, 2.05) is 42.2 Å². The van der Waals surface area contributed by atoms with E-state index in [-0.39, 0.29) is 12.0 Å². The summed E-state index contributed by atoms with van der Waals surface area (Å²) in [5.74, 6) is 0.532. The van der Waals surface area contributed by atoms with Crippen molar-refractivity contribution >= 4 is 27.6 Å². The Hall–Kier alpha value is -2.32. The molecule has 25 heavy (non-hydrogen) atoms. The number of hydrogen-bond acceptors (Lipinski definition) is 5. The van der Waals surface area contributed by atoms with E-state index < -0.39 is 0 Å². The zero-order valence-electron chi connectivity index (χ0n) is 13.6. The third-order valence-corrected chi connectivity index (χ3v) is 4.66. The minimum atomic E-state index is -0.268. The van der Waals surface area contributed by atoms with Crippen LogP contribution >= 0.6 is 15.9 Å². The minimum absolute atomic E-state index is 0.00443. The third-order valence-electron chi connectivity index (χ3n) is 4.16. The first-order valence-electron chi connectivity index (χ1n) is 7.95. The van der Waals surface area contributed by atoms with Gasteiger partial charge in [-0.2, -0.15) is 14.6 Å². The van der Waals surface area contributed by atoms with Crippen LogP contribution in [0.1, 0.15) is 27.8 Å². The fourth-order valence-corrected chi connectivity index (χ4v) is 3.40. The number of morpholine rings is 1. The molecule has 4 rings (SSSR count). The van der Waals surface area contributed by atoms with Crippen LogP contribution in [0.15, 0.2) is 41.1 Å². The lowest BCUT2D eigenvalue weighted by atomic mass is 10.1. The molecule has 8 heteroatoms. The molecule has 7 nitrogen and oxygen atoms in total. The van der Waals surface area contributed by atoms with E-state index in [4.69, 9.17) is 4.74 Å². The molecule has 1 aromatic carbocycles. The van der Waals surface area contributed by atoms with E-state index in [1.54, 1.807) is 4.52 Å². The summed E-state index contributed by atoms with van der Waals surface area (Å²) in [5.41, 5.74) is 2.35. The lowest BCUT2D eigenvalue weighted by molar-refractivity contribution is -0.0257. The number of halogens is 1. The summed E-state index contributed by atoms with van der Waals surface area (Å²) in [7, 11) is 0. The monoisotopic (exact) mass is 401 g/mol. The molecule has 0 N–H and O–H groups in total. The van der Waals surface area contributed by atoms with Gasteiger partial charge in [0.25, 0.3) is 11.7 Å². The molecule has 0 spiro atoms. The second-order valence-corrected chi connectivity index (χ2v) is 6.83. The first kappa shape index (κ1) is 16.2. The SMILES string of the molecule is Cc1cc(C2CN(C(=O)c3cccc(Br)c3)CCO2)n2ncnc2n1. The van der Waals surface area contributed by atoms with Crippen LogP contribution in [0.5, 0.6) is 0 Å². The Morgan fingerprint density at radius 1 is 1.36 bits per heavy atom. The molecular weight excluding hydrogens is 386 g/mol. The summed E-state index contributed by atoms with van der Waals surface area (Å²) >= 11 is 3.41. The fourth-order valence-electron chi connectivity index (χ4n) is 3.01. The lowest BCUT2D eigenvalue weighted by Gasteiger charge is -2.33. The van der Waals surface area contributed by atoms with Gasteiger partial charge in [0.1, 0.15) is 12.4 Å². The van der Waals surface area contributed by atoms with Crippen molar-refractivity contribution in [1.82, 2.24) is 24.5 Å². The van der Waals surface area contributed by atoms with Gasteiger partial charge in [0.2, 0.25) is 0 Å². The molecule has 1 aliphatic heterocycles. The highest BCUT2D eigenvalue weighted by Crippen LogP contribution is 2.24. The van der Waals surface area contributed by atoms with Gasteiger partial charge in [-0.15, -0.1) is 0 Å². The van der Waals surface area contributed by atoms with Gasteiger partial charge in [-0.25, -0.2) is 4.98 Å². The molecular formula is C17H16BrN5O2. The number of aromatic nitrogens is 4. The van der Waals surface area contributed by atoms with E-state index in [0.29, 0.717) is 31.0 Å². The number of aryl methyl sites for hydroxylation is 1. The molecule has 1 unspecified atom stereocenters. The summed E-state index contributed by atoms with van der Waals surface area (Å²) in [6, 6.07) is 9.35. The number of benzene rings is 1. The van der Waals surface area contributed by atoms with Crippen molar-refractivity contribution in [2.75, 3.05) is 19.7 Å². The molecule has 0 radical (unpaired) electrons.